The smallest absolute Gasteiger partial charge is 0.155 e. The maximum absolute atomic E-state index is 10.3. The van der Waals surface area contributed by atoms with Crippen LogP contribution in [0.1, 0.15) is 57.4 Å². The van der Waals surface area contributed by atoms with Crippen LogP contribution in [-0.2, 0) is 7.05 Å². The first-order chi connectivity index (χ1) is 8.22. The predicted octanol–water partition coefficient (Wildman–Crippen LogP) is 2.46. The van der Waals surface area contributed by atoms with Crippen LogP contribution in [0.3, 0.4) is 0 Å². The van der Waals surface area contributed by atoms with Crippen LogP contribution in [0.5, 0.6) is 0 Å². The van der Waals surface area contributed by atoms with Crippen LogP contribution in [-0.4, -0.2) is 19.9 Å². The molecule has 2 rings (SSSR count). The van der Waals surface area contributed by atoms with Gasteiger partial charge in [-0.2, -0.15) is 5.10 Å². The van der Waals surface area contributed by atoms with Gasteiger partial charge in [-0.1, -0.05) is 32.6 Å². The van der Waals surface area contributed by atoms with Crippen molar-refractivity contribution >= 4 is 0 Å². The van der Waals surface area contributed by atoms with Gasteiger partial charge >= 0.3 is 0 Å². The fourth-order valence-corrected chi connectivity index (χ4v) is 2.98. The van der Waals surface area contributed by atoms with Crippen LogP contribution in [0.25, 0.3) is 0 Å². The van der Waals surface area contributed by atoms with E-state index in [0.29, 0.717) is 11.7 Å². The molecule has 1 heterocycles. The van der Waals surface area contributed by atoms with E-state index in [1.165, 1.54) is 32.0 Å². The second-order valence-corrected chi connectivity index (χ2v) is 5.26. The summed E-state index contributed by atoms with van der Waals surface area (Å²) in [5.41, 5.74) is 0. The van der Waals surface area contributed by atoms with Crippen LogP contribution < -0.4 is 0 Å². The highest BCUT2D eigenvalue weighted by atomic mass is 16.3. The molecule has 1 aliphatic carbocycles. The summed E-state index contributed by atoms with van der Waals surface area (Å²) in [7, 11) is 1.84. The normalized spacial score (nSPS) is 27.0. The lowest BCUT2D eigenvalue weighted by Gasteiger charge is -2.30. The topological polar surface area (TPSA) is 50.9 Å². The molecule has 1 saturated carbocycles. The van der Waals surface area contributed by atoms with E-state index in [1.807, 2.05) is 7.05 Å². The largest absolute Gasteiger partial charge is 0.385 e. The zero-order valence-corrected chi connectivity index (χ0v) is 10.8. The lowest BCUT2D eigenvalue weighted by atomic mass is 9.77. The molecule has 1 aliphatic rings. The number of aliphatic hydroxyl groups excluding tert-OH is 1. The van der Waals surface area contributed by atoms with Crippen molar-refractivity contribution in [2.75, 3.05) is 0 Å². The zero-order chi connectivity index (χ0) is 12.3. The second kappa shape index (κ2) is 5.63. The third-order valence-electron chi connectivity index (χ3n) is 4.05. The molecule has 0 aliphatic heterocycles. The fourth-order valence-electron chi connectivity index (χ4n) is 2.98. The summed E-state index contributed by atoms with van der Waals surface area (Å²) in [4.78, 5) is 4.15. The monoisotopic (exact) mass is 237 g/mol. The molecule has 1 aromatic heterocycles. The summed E-state index contributed by atoms with van der Waals surface area (Å²) >= 11 is 0. The summed E-state index contributed by atoms with van der Waals surface area (Å²) in [6.45, 7) is 2.25. The number of hydrogen-bond acceptors (Lipinski definition) is 3. The highest BCUT2D eigenvalue weighted by Crippen LogP contribution is 2.37. The second-order valence-electron chi connectivity index (χ2n) is 5.26. The van der Waals surface area contributed by atoms with Crippen LogP contribution >= 0.6 is 0 Å². The molecule has 1 atom stereocenters. The van der Waals surface area contributed by atoms with Crippen molar-refractivity contribution in [3.05, 3.63) is 12.2 Å². The fraction of sp³-hybridized carbons (Fsp3) is 0.846. The van der Waals surface area contributed by atoms with Gasteiger partial charge in [0.2, 0.25) is 0 Å². The number of aromatic nitrogens is 3. The molecule has 0 saturated heterocycles. The Morgan fingerprint density at radius 3 is 2.65 bits per heavy atom. The average Bonchev–Trinajstić information content (AvgIpc) is 2.76. The summed E-state index contributed by atoms with van der Waals surface area (Å²) in [5, 5.41) is 14.3. The number of nitrogens with zero attached hydrogens (tertiary/aromatic N) is 3. The summed E-state index contributed by atoms with van der Waals surface area (Å²) < 4.78 is 1.68. The Kier molecular flexibility index (Phi) is 4.15. The van der Waals surface area contributed by atoms with E-state index < -0.39 is 6.10 Å². The zero-order valence-electron chi connectivity index (χ0n) is 10.8. The van der Waals surface area contributed by atoms with Gasteiger partial charge in [-0.3, -0.25) is 4.68 Å². The summed E-state index contributed by atoms with van der Waals surface area (Å²) in [6.07, 6.45) is 8.46. The molecule has 0 aromatic carbocycles. The standard InChI is InChI=1S/C13H23N3O/c1-3-4-10-5-7-11(8-6-10)12(17)13-14-9-15-16(13)2/h9-12,17H,3-8H2,1-2H3. The first-order valence-electron chi connectivity index (χ1n) is 6.74. The Bertz CT molecular complexity index is 342. The van der Waals surface area contributed by atoms with E-state index in [4.69, 9.17) is 0 Å². The Morgan fingerprint density at radius 1 is 1.41 bits per heavy atom. The van der Waals surface area contributed by atoms with Crippen molar-refractivity contribution < 1.29 is 5.11 Å². The van der Waals surface area contributed by atoms with Gasteiger partial charge in [0.1, 0.15) is 12.4 Å². The quantitative estimate of drug-likeness (QED) is 0.875. The van der Waals surface area contributed by atoms with Gasteiger partial charge in [-0.15, -0.1) is 0 Å². The van der Waals surface area contributed by atoms with Crippen LogP contribution in [0.4, 0.5) is 0 Å². The Balaban J connectivity index is 1.90. The van der Waals surface area contributed by atoms with E-state index in [2.05, 4.69) is 17.0 Å². The molecule has 4 heteroatoms. The predicted molar refractivity (Wildman–Crippen MR) is 66.3 cm³/mol. The number of aryl methyl sites for hydroxylation is 1. The molecule has 1 unspecified atom stereocenters. The van der Waals surface area contributed by atoms with Gasteiger partial charge < -0.3 is 5.11 Å². The van der Waals surface area contributed by atoms with Crippen molar-refractivity contribution in [3.8, 4) is 0 Å². The first kappa shape index (κ1) is 12.6. The lowest BCUT2D eigenvalue weighted by molar-refractivity contribution is 0.0624. The third kappa shape index (κ3) is 2.86. The SMILES string of the molecule is CCCC1CCC(C(O)c2ncnn2C)CC1. The molecular formula is C13H23N3O. The number of aliphatic hydroxyl groups is 1. The molecule has 0 bridgehead atoms. The molecule has 17 heavy (non-hydrogen) atoms. The Labute approximate surface area is 103 Å². The highest BCUT2D eigenvalue weighted by molar-refractivity contribution is 4.93. The minimum atomic E-state index is -0.440. The first-order valence-corrected chi connectivity index (χ1v) is 6.74. The van der Waals surface area contributed by atoms with Gasteiger partial charge in [-0.25, -0.2) is 4.98 Å². The number of rotatable bonds is 4. The van der Waals surface area contributed by atoms with Crippen molar-refractivity contribution in [3.63, 3.8) is 0 Å². The Hall–Kier alpha value is -0.900. The molecule has 1 aromatic rings. The maximum Gasteiger partial charge on any atom is 0.155 e. The van der Waals surface area contributed by atoms with E-state index in [9.17, 15) is 5.11 Å². The van der Waals surface area contributed by atoms with Crippen molar-refractivity contribution in [1.29, 1.82) is 0 Å². The van der Waals surface area contributed by atoms with Crippen molar-refractivity contribution in [2.45, 2.75) is 51.6 Å². The van der Waals surface area contributed by atoms with Crippen LogP contribution in [0.2, 0.25) is 0 Å². The van der Waals surface area contributed by atoms with E-state index in [0.717, 1.165) is 18.8 Å². The lowest BCUT2D eigenvalue weighted by Crippen LogP contribution is -2.22. The van der Waals surface area contributed by atoms with Gasteiger partial charge in [-0.05, 0) is 24.7 Å². The highest BCUT2D eigenvalue weighted by Gasteiger charge is 2.29. The van der Waals surface area contributed by atoms with Gasteiger partial charge in [0.15, 0.2) is 5.82 Å². The minimum Gasteiger partial charge on any atom is -0.385 e. The minimum absolute atomic E-state index is 0.367. The van der Waals surface area contributed by atoms with Crippen LogP contribution in [0, 0.1) is 11.8 Å². The maximum atomic E-state index is 10.3. The van der Waals surface area contributed by atoms with E-state index in [-0.39, 0.29) is 0 Å². The Morgan fingerprint density at radius 2 is 2.12 bits per heavy atom. The molecular weight excluding hydrogens is 214 g/mol. The van der Waals surface area contributed by atoms with Gasteiger partial charge in [0.05, 0.1) is 0 Å². The molecule has 1 fully saturated rings. The average molecular weight is 237 g/mol. The molecule has 4 nitrogen and oxygen atoms in total. The third-order valence-corrected chi connectivity index (χ3v) is 4.05. The summed E-state index contributed by atoms with van der Waals surface area (Å²) in [6, 6.07) is 0. The molecule has 0 radical (unpaired) electrons. The molecule has 96 valence electrons. The van der Waals surface area contributed by atoms with Crippen molar-refractivity contribution in [1.82, 2.24) is 14.8 Å². The van der Waals surface area contributed by atoms with Gasteiger partial charge in [0, 0.05) is 7.05 Å². The van der Waals surface area contributed by atoms with Crippen molar-refractivity contribution in [2.24, 2.45) is 18.9 Å². The number of hydrogen-bond donors (Lipinski definition) is 1. The summed E-state index contributed by atoms with van der Waals surface area (Å²) in [5.74, 6) is 1.96. The molecule has 0 amide bonds. The van der Waals surface area contributed by atoms with E-state index >= 15 is 0 Å². The van der Waals surface area contributed by atoms with Crippen LogP contribution in [0.15, 0.2) is 6.33 Å². The van der Waals surface area contributed by atoms with Gasteiger partial charge in [0.25, 0.3) is 0 Å². The van der Waals surface area contributed by atoms with E-state index in [1.54, 1.807) is 4.68 Å². The molecule has 0 spiro atoms. The molecule has 1 N–H and O–H groups in total.